The minimum absolute atomic E-state index is 0.380. The third-order valence-corrected chi connectivity index (χ3v) is 2.90. The van der Waals surface area contributed by atoms with Crippen LogP contribution in [-0.4, -0.2) is 16.8 Å². The lowest BCUT2D eigenvalue weighted by molar-refractivity contribution is -0.139. The third kappa shape index (κ3) is 3.73. The Kier molecular flexibility index (Phi) is 3.85. The Labute approximate surface area is 110 Å². The van der Waals surface area contributed by atoms with Crippen molar-refractivity contribution < 1.29 is 13.2 Å². The number of fused-ring (bicyclic) bond motifs is 1. The van der Waals surface area contributed by atoms with Crippen LogP contribution < -0.4 is 5.32 Å². The third-order valence-electron chi connectivity index (χ3n) is 2.90. The molecule has 0 aliphatic heterocycles. The first-order valence-corrected chi connectivity index (χ1v) is 6.23. The minimum atomic E-state index is -4.19. The zero-order valence-electron chi connectivity index (χ0n) is 11.0. The Hall–Kier alpha value is -1.49. The smallest absolute Gasteiger partial charge is 0.338 e. The average molecular weight is 270 g/mol. The summed E-state index contributed by atoms with van der Waals surface area (Å²) in [6.07, 6.45) is -2.71. The summed E-state index contributed by atoms with van der Waals surface area (Å²) in [7, 11) is 0. The maximum atomic E-state index is 12.4. The summed E-state index contributed by atoms with van der Waals surface area (Å²) in [5, 5.41) is 4.12. The maximum absolute atomic E-state index is 12.4. The van der Waals surface area contributed by atoms with Gasteiger partial charge in [0.2, 0.25) is 0 Å². The first-order valence-electron chi connectivity index (χ1n) is 6.23. The van der Waals surface area contributed by atoms with Crippen molar-refractivity contribution in [3.05, 3.63) is 36.0 Å². The van der Waals surface area contributed by atoms with Crippen LogP contribution in [0.2, 0.25) is 0 Å². The molecule has 0 atom stereocenters. The molecule has 2 aromatic rings. The zero-order chi connectivity index (χ0) is 14.0. The van der Waals surface area contributed by atoms with Crippen molar-refractivity contribution in [3.8, 4) is 0 Å². The van der Waals surface area contributed by atoms with E-state index in [1.807, 2.05) is 12.1 Å². The van der Waals surface area contributed by atoms with Gasteiger partial charge < -0.3 is 9.88 Å². The summed E-state index contributed by atoms with van der Waals surface area (Å²) in [4.78, 5) is 0. The Morgan fingerprint density at radius 2 is 1.95 bits per heavy atom. The molecule has 0 aliphatic carbocycles. The average Bonchev–Trinajstić information content (AvgIpc) is 2.67. The highest BCUT2D eigenvalue weighted by Gasteiger charge is 2.28. The van der Waals surface area contributed by atoms with E-state index in [0.717, 1.165) is 17.5 Å². The number of rotatable bonds is 4. The van der Waals surface area contributed by atoms with Gasteiger partial charge in [-0.3, -0.25) is 0 Å². The lowest BCUT2D eigenvalue weighted by Gasteiger charge is -2.10. The molecule has 1 heterocycles. The van der Waals surface area contributed by atoms with E-state index in [2.05, 4.69) is 19.2 Å². The van der Waals surface area contributed by atoms with Crippen molar-refractivity contribution in [3.63, 3.8) is 0 Å². The summed E-state index contributed by atoms with van der Waals surface area (Å²) >= 11 is 0. The fraction of sp³-hybridized carbons (Fsp3) is 0.429. The molecule has 0 saturated heterocycles. The Morgan fingerprint density at radius 1 is 1.21 bits per heavy atom. The summed E-state index contributed by atoms with van der Waals surface area (Å²) in [6.45, 7) is 3.88. The largest absolute Gasteiger partial charge is 0.406 e. The van der Waals surface area contributed by atoms with Gasteiger partial charge >= 0.3 is 6.18 Å². The van der Waals surface area contributed by atoms with Gasteiger partial charge in [0, 0.05) is 24.3 Å². The molecule has 1 aromatic heterocycles. The van der Waals surface area contributed by atoms with Gasteiger partial charge in [-0.1, -0.05) is 19.9 Å². The fourth-order valence-corrected chi connectivity index (χ4v) is 2.01. The van der Waals surface area contributed by atoms with Crippen LogP contribution in [-0.2, 0) is 13.1 Å². The van der Waals surface area contributed by atoms with Crippen molar-refractivity contribution in [2.45, 2.75) is 39.2 Å². The molecule has 0 bridgehead atoms. The highest BCUT2D eigenvalue weighted by atomic mass is 19.4. The van der Waals surface area contributed by atoms with Gasteiger partial charge in [-0.05, 0) is 29.1 Å². The van der Waals surface area contributed by atoms with Gasteiger partial charge in [0.15, 0.2) is 0 Å². The molecule has 0 fully saturated rings. The first kappa shape index (κ1) is 13.9. The normalized spacial score (nSPS) is 12.5. The lowest BCUT2D eigenvalue weighted by atomic mass is 10.1. The lowest BCUT2D eigenvalue weighted by Crippen LogP contribution is -2.21. The summed E-state index contributed by atoms with van der Waals surface area (Å²) in [5.41, 5.74) is 1.69. The monoisotopic (exact) mass is 270 g/mol. The van der Waals surface area contributed by atoms with E-state index in [0.29, 0.717) is 11.6 Å². The van der Waals surface area contributed by atoms with E-state index in [9.17, 15) is 13.2 Å². The van der Waals surface area contributed by atoms with Gasteiger partial charge in [-0.25, -0.2) is 0 Å². The zero-order valence-corrected chi connectivity index (χ0v) is 11.0. The number of alkyl halides is 3. The van der Waals surface area contributed by atoms with Gasteiger partial charge in [-0.15, -0.1) is 0 Å². The fourth-order valence-electron chi connectivity index (χ4n) is 2.01. The topological polar surface area (TPSA) is 17.0 Å². The molecule has 0 radical (unpaired) electrons. The second-order valence-electron chi connectivity index (χ2n) is 4.99. The molecule has 1 aromatic carbocycles. The van der Waals surface area contributed by atoms with Gasteiger partial charge in [0.25, 0.3) is 0 Å². The van der Waals surface area contributed by atoms with Crippen molar-refractivity contribution in [1.82, 2.24) is 9.88 Å². The molecule has 0 amide bonds. The van der Waals surface area contributed by atoms with E-state index >= 15 is 0 Å². The van der Waals surface area contributed by atoms with Crippen LogP contribution in [0.1, 0.15) is 19.4 Å². The van der Waals surface area contributed by atoms with Crippen LogP contribution in [0, 0.1) is 0 Å². The number of nitrogens with zero attached hydrogens (tertiary/aromatic N) is 1. The molecule has 2 nitrogen and oxygen atoms in total. The molecule has 0 saturated carbocycles. The van der Waals surface area contributed by atoms with E-state index in [1.54, 1.807) is 12.1 Å². The summed E-state index contributed by atoms with van der Waals surface area (Å²) in [6, 6.07) is 7.64. The van der Waals surface area contributed by atoms with Crippen LogP contribution in [0.25, 0.3) is 10.9 Å². The second kappa shape index (κ2) is 5.25. The van der Waals surface area contributed by atoms with Crippen molar-refractivity contribution in [2.24, 2.45) is 0 Å². The van der Waals surface area contributed by atoms with Crippen LogP contribution in [0.15, 0.2) is 30.5 Å². The first-order chi connectivity index (χ1) is 8.85. The Balaban J connectivity index is 2.21. The quantitative estimate of drug-likeness (QED) is 0.896. The van der Waals surface area contributed by atoms with Gasteiger partial charge in [0.1, 0.15) is 6.54 Å². The number of hydrogen-bond donors (Lipinski definition) is 1. The number of aromatic nitrogens is 1. The summed E-state index contributed by atoms with van der Waals surface area (Å²) < 4.78 is 38.4. The molecule has 104 valence electrons. The molecule has 2 rings (SSSR count). The van der Waals surface area contributed by atoms with E-state index in [1.165, 1.54) is 10.8 Å². The van der Waals surface area contributed by atoms with E-state index < -0.39 is 12.7 Å². The minimum Gasteiger partial charge on any atom is -0.338 e. The Morgan fingerprint density at radius 3 is 2.58 bits per heavy atom. The van der Waals surface area contributed by atoms with Crippen molar-refractivity contribution >= 4 is 10.9 Å². The summed E-state index contributed by atoms with van der Waals surface area (Å²) in [5.74, 6) is 0. The van der Waals surface area contributed by atoms with Crippen LogP contribution in [0.3, 0.4) is 0 Å². The molecule has 0 aliphatic rings. The molecule has 1 N–H and O–H groups in total. The Bertz CT molecular complexity index is 555. The van der Waals surface area contributed by atoms with Gasteiger partial charge in [0.05, 0.1) is 0 Å². The van der Waals surface area contributed by atoms with Crippen LogP contribution in [0.5, 0.6) is 0 Å². The standard InChI is InChI=1S/C14H17F3N2/c1-10(2)18-8-11-3-4-13-12(7-11)5-6-19(13)9-14(15,16)17/h3-7,10,18H,8-9H2,1-2H3. The predicted molar refractivity (Wildman–Crippen MR) is 70.0 cm³/mol. The molecule has 5 heteroatoms. The highest BCUT2D eigenvalue weighted by Crippen LogP contribution is 2.23. The van der Waals surface area contributed by atoms with Gasteiger partial charge in [-0.2, -0.15) is 13.2 Å². The maximum Gasteiger partial charge on any atom is 0.406 e. The number of nitrogens with one attached hydrogen (secondary N) is 1. The molecule has 19 heavy (non-hydrogen) atoms. The van der Waals surface area contributed by atoms with Crippen LogP contribution in [0.4, 0.5) is 13.2 Å². The number of halogens is 3. The van der Waals surface area contributed by atoms with E-state index in [4.69, 9.17) is 0 Å². The highest BCUT2D eigenvalue weighted by molar-refractivity contribution is 5.80. The SMILES string of the molecule is CC(C)NCc1ccc2c(ccn2CC(F)(F)F)c1. The molecular weight excluding hydrogens is 253 g/mol. The van der Waals surface area contributed by atoms with Crippen LogP contribution >= 0.6 is 0 Å². The molecule has 0 spiro atoms. The number of hydrogen-bond acceptors (Lipinski definition) is 1. The second-order valence-corrected chi connectivity index (χ2v) is 4.99. The number of benzene rings is 1. The predicted octanol–water partition coefficient (Wildman–Crippen LogP) is 3.70. The van der Waals surface area contributed by atoms with Crippen molar-refractivity contribution in [1.29, 1.82) is 0 Å². The molecule has 0 unspecified atom stereocenters. The van der Waals surface area contributed by atoms with E-state index in [-0.39, 0.29) is 0 Å². The molecular formula is C14H17F3N2. The van der Waals surface area contributed by atoms with Crippen molar-refractivity contribution in [2.75, 3.05) is 0 Å².